The second-order valence-electron chi connectivity index (χ2n) is 8.90. The van der Waals surface area contributed by atoms with Crippen molar-refractivity contribution in [2.75, 3.05) is 0 Å². The van der Waals surface area contributed by atoms with Crippen molar-refractivity contribution in [2.24, 2.45) is 11.8 Å². The van der Waals surface area contributed by atoms with Gasteiger partial charge in [0.15, 0.2) is 0 Å². The Morgan fingerprint density at radius 2 is 2.00 bits per heavy atom. The molecule has 1 saturated heterocycles. The number of urea groups is 1. The van der Waals surface area contributed by atoms with Crippen LogP contribution in [0, 0.1) is 25.7 Å². The zero-order valence-electron chi connectivity index (χ0n) is 17.9. The Bertz CT molecular complexity index is 1030. The third kappa shape index (κ3) is 3.28. The molecule has 5 rings (SSSR count). The Balaban J connectivity index is 1.68. The van der Waals surface area contributed by atoms with Crippen molar-refractivity contribution in [1.29, 1.82) is 0 Å². The summed E-state index contributed by atoms with van der Waals surface area (Å²) in [5.41, 5.74) is 2.80. The Hall–Kier alpha value is -2.93. The maximum Gasteiger partial charge on any atom is 0.319 e. The summed E-state index contributed by atoms with van der Waals surface area (Å²) in [5, 5.41) is 22.5. The largest absolute Gasteiger partial charge is 0.383 e. The molecule has 0 radical (unpaired) electrons. The predicted octanol–water partition coefficient (Wildman–Crippen LogP) is 3.73. The van der Waals surface area contributed by atoms with Crippen LogP contribution < -0.4 is 10.6 Å². The molecular weight excluding hydrogens is 392 g/mol. The average molecular weight is 421 g/mol. The van der Waals surface area contributed by atoms with Crippen molar-refractivity contribution in [3.8, 4) is 0 Å². The van der Waals surface area contributed by atoms with E-state index in [1.807, 2.05) is 38.1 Å². The van der Waals surface area contributed by atoms with Crippen LogP contribution in [0.25, 0.3) is 5.57 Å². The van der Waals surface area contributed by atoms with Crippen LogP contribution in [0.4, 0.5) is 4.79 Å². The number of aliphatic hydroxyl groups is 1. The van der Waals surface area contributed by atoms with E-state index in [1.54, 1.807) is 6.20 Å². The lowest BCUT2D eigenvalue weighted by atomic mass is 9.64. The van der Waals surface area contributed by atoms with E-state index in [9.17, 15) is 9.90 Å². The van der Waals surface area contributed by atoms with Crippen molar-refractivity contribution in [3.05, 3.63) is 65.0 Å². The van der Waals surface area contributed by atoms with Crippen LogP contribution >= 0.6 is 0 Å². The minimum atomic E-state index is -1.21. The van der Waals surface area contributed by atoms with E-state index in [4.69, 9.17) is 4.52 Å². The van der Waals surface area contributed by atoms with E-state index >= 15 is 0 Å². The maximum atomic E-state index is 12.5. The summed E-state index contributed by atoms with van der Waals surface area (Å²) < 4.78 is 5.40. The molecule has 0 spiro atoms. The van der Waals surface area contributed by atoms with Crippen molar-refractivity contribution >= 4 is 11.6 Å². The van der Waals surface area contributed by atoms with Gasteiger partial charge in [-0.05, 0) is 56.4 Å². The summed E-state index contributed by atoms with van der Waals surface area (Å²) in [4.78, 5) is 16.9. The molecule has 2 aromatic rings. The van der Waals surface area contributed by atoms with Crippen molar-refractivity contribution < 1.29 is 14.4 Å². The number of aromatic nitrogens is 2. The van der Waals surface area contributed by atoms with Gasteiger partial charge in [-0.25, -0.2) is 4.79 Å². The molecule has 0 bridgehead atoms. The highest BCUT2D eigenvalue weighted by Gasteiger charge is 2.52. The first-order valence-corrected chi connectivity index (χ1v) is 11.1. The minimum absolute atomic E-state index is 0.0557. The number of nitrogens with one attached hydrogen (secondary N) is 2. The van der Waals surface area contributed by atoms with E-state index in [0.717, 1.165) is 48.2 Å². The van der Waals surface area contributed by atoms with Crippen LogP contribution in [0.1, 0.15) is 54.8 Å². The normalized spacial score (nSPS) is 25.7. The van der Waals surface area contributed by atoms with Gasteiger partial charge in [0.25, 0.3) is 0 Å². The molecule has 3 heterocycles. The third-order valence-electron chi connectivity index (χ3n) is 7.04. The van der Waals surface area contributed by atoms with E-state index < -0.39 is 5.60 Å². The molecule has 7 heteroatoms. The number of aryl methyl sites for hydroxylation is 2. The van der Waals surface area contributed by atoms with Gasteiger partial charge in [-0.3, -0.25) is 4.98 Å². The fourth-order valence-corrected chi connectivity index (χ4v) is 5.60. The number of carbonyl (C=O) groups excluding carboxylic acids is 1. The lowest BCUT2D eigenvalue weighted by molar-refractivity contribution is -0.0823. The van der Waals surface area contributed by atoms with Gasteiger partial charge in [0, 0.05) is 23.4 Å². The highest BCUT2D eigenvalue weighted by atomic mass is 16.5. The van der Waals surface area contributed by atoms with Gasteiger partial charge in [-0.1, -0.05) is 36.6 Å². The molecular formula is C24H28N4O3. The Morgan fingerprint density at radius 3 is 2.68 bits per heavy atom. The lowest BCUT2D eigenvalue weighted by Gasteiger charge is -2.45. The summed E-state index contributed by atoms with van der Waals surface area (Å²) in [7, 11) is 0. The van der Waals surface area contributed by atoms with Gasteiger partial charge in [0.05, 0.1) is 17.4 Å². The fraction of sp³-hybridized carbons (Fsp3) is 0.458. The van der Waals surface area contributed by atoms with Gasteiger partial charge in [-0.2, -0.15) is 0 Å². The standard InChI is InChI=1S/C24H28N4O3/c1-14-21(15(2)31-28-14)16-12-18(22-19(13-16)26-23(29)27-22)24(30,17-8-4-3-5-9-17)20-10-6-7-11-25-20/h6-7,10-13,17-18,22,30H,3-5,8-9H2,1-2H3,(H2,26,27,29). The Kier molecular flexibility index (Phi) is 4.93. The molecule has 3 aliphatic rings. The summed E-state index contributed by atoms with van der Waals surface area (Å²) in [6.45, 7) is 3.79. The molecule has 3 N–H and O–H groups in total. The van der Waals surface area contributed by atoms with E-state index in [0.29, 0.717) is 11.5 Å². The first kappa shape index (κ1) is 20.0. The quantitative estimate of drug-likeness (QED) is 0.700. The molecule has 3 unspecified atom stereocenters. The zero-order valence-corrected chi connectivity index (χ0v) is 17.9. The van der Waals surface area contributed by atoms with Crippen LogP contribution in [-0.2, 0) is 5.60 Å². The molecule has 0 aromatic carbocycles. The summed E-state index contributed by atoms with van der Waals surface area (Å²) in [6.07, 6.45) is 11.0. The van der Waals surface area contributed by atoms with Gasteiger partial charge >= 0.3 is 6.03 Å². The van der Waals surface area contributed by atoms with Crippen LogP contribution in [0.15, 0.2) is 46.8 Å². The third-order valence-corrected chi connectivity index (χ3v) is 7.04. The number of hydrogen-bond acceptors (Lipinski definition) is 5. The topological polar surface area (TPSA) is 100 Å². The predicted molar refractivity (Wildman–Crippen MR) is 116 cm³/mol. The number of amides is 2. The van der Waals surface area contributed by atoms with E-state index in [2.05, 4.69) is 26.9 Å². The number of hydrogen-bond donors (Lipinski definition) is 3. The summed E-state index contributed by atoms with van der Waals surface area (Å²) >= 11 is 0. The molecule has 2 amide bonds. The van der Waals surface area contributed by atoms with Gasteiger partial charge in [0.1, 0.15) is 11.4 Å². The second kappa shape index (κ2) is 7.64. The SMILES string of the molecule is Cc1noc(C)c1C1=CC(C(O)(c2ccccn2)C2CCCCC2)C2NC(=O)NC2=C1. The highest BCUT2D eigenvalue weighted by Crippen LogP contribution is 2.49. The monoisotopic (exact) mass is 420 g/mol. The van der Waals surface area contributed by atoms with E-state index in [-0.39, 0.29) is 23.9 Å². The maximum absolute atomic E-state index is 12.5. The highest BCUT2D eigenvalue weighted by molar-refractivity contribution is 5.86. The van der Waals surface area contributed by atoms with Crippen LogP contribution in [0.5, 0.6) is 0 Å². The Labute approximate surface area is 181 Å². The number of allylic oxidation sites excluding steroid dienone is 2. The molecule has 2 fully saturated rings. The van der Waals surface area contributed by atoms with Crippen molar-refractivity contribution in [3.63, 3.8) is 0 Å². The molecule has 31 heavy (non-hydrogen) atoms. The minimum Gasteiger partial charge on any atom is -0.383 e. The van der Waals surface area contributed by atoms with Gasteiger partial charge < -0.3 is 20.3 Å². The van der Waals surface area contributed by atoms with Crippen molar-refractivity contribution in [1.82, 2.24) is 20.8 Å². The number of carbonyl (C=O) groups is 1. The summed E-state index contributed by atoms with van der Waals surface area (Å²) in [5.74, 6) is 0.391. The molecule has 3 atom stereocenters. The summed E-state index contributed by atoms with van der Waals surface area (Å²) in [6, 6.07) is 5.09. The smallest absolute Gasteiger partial charge is 0.319 e. The van der Waals surface area contributed by atoms with Crippen LogP contribution in [0.3, 0.4) is 0 Å². The number of rotatable bonds is 4. The second-order valence-corrected chi connectivity index (χ2v) is 8.90. The van der Waals surface area contributed by atoms with Gasteiger partial charge in [0.2, 0.25) is 0 Å². The molecule has 1 aliphatic heterocycles. The average Bonchev–Trinajstić information content (AvgIpc) is 3.34. The molecule has 2 aliphatic carbocycles. The first-order chi connectivity index (χ1) is 15.0. The number of fused-ring (bicyclic) bond motifs is 1. The molecule has 2 aromatic heterocycles. The lowest BCUT2D eigenvalue weighted by Crippen LogP contribution is -2.51. The molecule has 7 nitrogen and oxygen atoms in total. The number of pyridine rings is 1. The van der Waals surface area contributed by atoms with Gasteiger partial charge in [-0.15, -0.1) is 0 Å². The molecule has 162 valence electrons. The Morgan fingerprint density at radius 1 is 1.19 bits per heavy atom. The van der Waals surface area contributed by atoms with Crippen molar-refractivity contribution in [2.45, 2.75) is 57.6 Å². The fourth-order valence-electron chi connectivity index (χ4n) is 5.60. The van der Waals surface area contributed by atoms with Crippen LogP contribution in [0.2, 0.25) is 0 Å². The number of nitrogens with zero attached hydrogens (tertiary/aromatic N) is 2. The van der Waals surface area contributed by atoms with E-state index in [1.165, 1.54) is 6.42 Å². The first-order valence-electron chi connectivity index (χ1n) is 11.1. The van der Waals surface area contributed by atoms with Crippen LogP contribution in [-0.4, -0.2) is 27.3 Å². The molecule has 1 saturated carbocycles. The zero-order chi connectivity index (χ0) is 21.6.